The van der Waals surface area contributed by atoms with Gasteiger partial charge in [-0.15, -0.1) is 0 Å². The van der Waals surface area contributed by atoms with Crippen LogP contribution < -0.4 is 5.32 Å². The van der Waals surface area contributed by atoms with E-state index < -0.39 is 5.97 Å². The zero-order chi connectivity index (χ0) is 6.85. The van der Waals surface area contributed by atoms with Gasteiger partial charge in [-0.25, -0.2) is 0 Å². The van der Waals surface area contributed by atoms with Gasteiger partial charge in [0.15, 0.2) is 0 Å². The Balaban J connectivity index is 2.39. The van der Waals surface area contributed by atoms with Crippen LogP contribution in [-0.2, 0) is 4.79 Å². The Labute approximate surface area is 54.1 Å². The molecule has 0 saturated carbocycles. The Bertz CT molecular complexity index is 124. The summed E-state index contributed by atoms with van der Waals surface area (Å²) in [6, 6.07) is -0.292. The van der Waals surface area contributed by atoms with Gasteiger partial charge < -0.3 is 10.4 Å². The molecular formula is C6H11NO2. The summed E-state index contributed by atoms with van der Waals surface area (Å²) in [6.45, 7) is 2.90. The molecule has 9 heavy (non-hydrogen) atoms. The second kappa shape index (κ2) is 2.35. The van der Waals surface area contributed by atoms with Crippen LogP contribution in [0.5, 0.6) is 0 Å². The van der Waals surface area contributed by atoms with Crippen LogP contribution in [0.15, 0.2) is 0 Å². The van der Waals surface area contributed by atoms with E-state index in [4.69, 9.17) is 5.11 Å². The maximum atomic E-state index is 10.3. The highest BCUT2D eigenvalue weighted by atomic mass is 16.4. The largest absolute Gasteiger partial charge is 0.480 e. The first-order chi connectivity index (χ1) is 4.20. The second-order valence-corrected chi connectivity index (χ2v) is 2.64. The molecule has 3 nitrogen and oxygen atoms in total. The summed E-state index contributed by atoms with van der Waals surface area (Å²) in [5.74, 6) is -0.203. The molecule has 1 rings (SSSR count). The summed E-state index contributed by atoms with van der Waals surface area (Å²) >= 11 is 0. The third kappa shape index (κ3) is 1.42. The molecule has 0 aliphatic carbocycles. The molecule has 52 valence electrons. The minimum Gasteiger partial charge on any atom is -0.480 e. The third-order valence-electron chi connectivity index (χ3n) is 1.65. The molecule has 3 heteroatoms. The molecule has 0 aromatic heterocycles. The van der Waals surface area contributed by atoms with Gasteiger partial charge in [0.2, 0.25) is 0 Å². The molecule has 1 heterocycles. The van der Waals surface area contributed by atoms with E-state index >= 15 is 0 Å². The molecule has 1 aliphatic heterocycles. The van der Waals surface area contributed by atoms with Crippen molar-refractivity contribution in [3.8, 4) is 0 Å². The van der Waals surface area contributed by atoms with Crippen LogP contribution >= 0.6 is 0 Å². The molecule has 2 atom stereocenters. The van der Waals surface area contributed by atoms with Gasteiger partial charge in [0.25, 0.3) is 0 Å². The lowest BCUT2D eigenvalue weighted by molar-refractivity contribution is -0.139. The maximum Gasteiger partial charge on any atom is 0.320 e. The number of rotatable bonds is 1. The van der Waals surface area contributed by atoms with Gasteiger partial charge in [-0.05, 0) is 18.9 Å². The smallest absolute Gasteiger partial charge is 0.320 e. The first kappa shape index (κ1) is 6.55. The zero-order valence-electron chi connectivity index (χ0n) is 5.42. The highest BCUT2D eigenvalue weighted by Gasteiger charge is 2.25. The van der Waals surface area contributed by atoms with Gasteiger partial charge in [-0.3, -0.25) is 4.79 Å². The van der Waals surface area contributed by atoms with Gasteiger partial charge in [-0.2, -0.15) is 0 Å². The van der Waals surface area contributed by atoms with Crippen LogP contribution in [0.4, 0.5) is 0 Å². The van der Waals surface area contributed by atoms with Crippen molar-refractivity contribution in [2.24, 2.45) is 5.92 Å². The van der Waals surface area contributed by atoms with E-state index in [0.29, 0.717) is 5.92 Å². The molecule has 0 unspecified atom stereocenters. The average molecular weight is 129 g/mol. The number of hydrogen-bond acceptors (Lipinski definition) is 2. The van der Waals surface area contributed by atoms with E-state index in [2.05, 4.69) is 12.2 Å². The van der Waals surface area contributed by atoms with E-state index in [0.717, 1.165) is 13.0 Å². The SMILES string of the molecule is C[C@@H]1CN[C@@H](C(=O)O)C1. The van der Waals surface area contributed by atoms with E-state index in [1.54, 1.807) is 0 Å². The van der Waals surface area contributed by atoms with Crippen molar-refractivity contribution in [1.29, 1.82) is 0 Å². The van der Waals surface area contributed by atoms with E-state index in [1.807, 2.05) is 0 Å². The molecule has 2 N–H and O–H groups in total. The van der Waals surface area contributed by atoms with Crippen LogP contribution in [0.1, 0.15) is 13.3 Å². The average Bonchev–Trinajstić information content (AvgIpc) is 2.14. The number of carbonyl (C=O) groups is 1. The van der Waals surface area contributed by atoms with E-state index in [-0.39, 0.29) is 6.04 Å². The Morgan fingerprint density at radius 3 is 2.67 bits per heavy atom. The summed E-state index contributed by atoms with van der Waals surface area (Å²) in [5.41, 5.74) is 0. The van der Waals surface area contributed by atoms with Crippen LogP contribution in [0, 0.1) is 5.92 Å². The van der Waals surface area contributed by atoms with E-state index in [1.165, 1.54) is 0 Å². The molecule has 0 bridgehead atoms. The number of nitrogens with one attached hydrogen (secondary N) is 1. The van der Waals surface area contributed by atoms with Crippen molar-refractivity contribution in [3.63, 3.8) is 0 Å². The fourth-order valence-corrected chi connectivity index (χ4v) is 1.10. The summed E-state index contributed by atoms with van der Waals surface area (Å²) in [7, 11) is 0. The number of carboxylic acids is 1. The lowest BCUT2D eigenvalue weighted by Gasteiger charge is -2.00. The monoisotopic (exact) mass is 129 g/mol. The Morgan fingerprint density at radius 2 is 2.44 bits per heavy atom. The number of aliphatic carboxylic acids is 1. The standard InChI is InChI=1S/C6H11NO2/c1-4-2-5(6(8)9)7-3-4/h4-5,7H,2-3H2,1H3,(H,8,9)/t4-,5+/m0/s1. The Morgan fingerprint density at radius 1 is 1.78 bits per heavy atom. The van der Waals surface area contributed by atoms with Crippen LogP contribution in [-0.4, -0.2) is 23.7 Å². The van der Waals surface area contributed by atoms with Crippen molar-refractivity contribution in [3.05, 3.63) is 0 Å². The van der Waals surface area contributed by atoms with Gasteiger partial charge in [0.1, 0.15) is 6.04 Å². The number of carboxylic acid groups (broad SMARTS) is 1. The summed E-state index contributed by atoms with van der Waals surface area (Å²) in [6.07, 6.45) is 0.773. The Kier molecular flexibility index (Phi) is 1.71. The van der Waals surface area contributed by atoms with Gasteiger partial charge in [0.05, 0.1) is 0 Å². The molecule has 0 spiro atoms. The molecule has 0 aromatic carbocycles. The van der Waals surface area contributed by atoms with Gasteiger partial charge in [-0.1, -0.05) is 6.92 Å². The fourth-order valence-electron chi connectivity index (χ4n) is 1.10. The molecule has 0 aromatic rings. The molecule has 1 fully saturated rings. The van der Waals surface area contributed by atoms with Crippen LogP contribution in [0.25, 0.3) is 0 Å². The summed E-state index contributed by atoms with van der Waals surface area (Å²) in [4.78, 5) is 10.3. The minimum atomic E-state index is -0.723. The topological polar surface area (TPSA) is 49.3 Å². The van der Waals surface area contributed by atoms with Gasteiger partial charge >= 0.3 is 5.97 Å². The van der Waals surface area contributed by atoms with Crippen molar-refractivity contribution in [2.75, 3.05) is 6.54 Å². The lowest BCUT2D eigenvalue weighted by Crippen LogP contribution is -2.29. The second-order valence-electron chi connectivity index (χ2n) is 2.64. The molecular weight excluding hydrogens is 118 g/mol. The predicted molar refractivity (Wildman–Crippen MR) is 33.2 cm³/mol. The first-order valence-electron chi connectivity index (χ1n) is 3.16. The third-order valence-corrected chi connectivity index (χ3v) is 1.65. The first-order valence-corrected chi connectivity index (χ1v) is 3.16. The minimum absolute atomic E-state index is 0.292. The highest BCUT2D eigenvalue weighted by molar-refractivity contribution is 5.73. The molecule has 0 radical (unpaired) electrons. The number of hydrogen-bond donors (Lipinski definition) is 2. The Hall–Kier alpha value is -0.570. The summed E-state index contributed by atoms with van der Waals surface area (Å²) in [5, 5.41) is 11.4. The summed E-state index contributed by atoms with van der Waals surface area (Å²) < 4.78 is 0. The zero-order valence-corrected chi connectivity index (χ0v) is 5.42. The van der Waals surface area contributed by atoms with Crippen molar-refractivity contribution < 1.29 is 9.90 Å². The van der Waals surface area contributed by atoms with Crippen molar-refractivity contribution in [2.45, 2.75) is 19.4 Å². The predicted octanol–water partition coefficient (Wildman–Crippen LogP) is 0.0690. The normalized spacial score (nSPS) is 34.8. The maximum absolute atomic E-state index is 10.3. The molecule has 1 aliphatic rings. The van der Waals surface area contributed by atoms with Crippen molar-refractivity contribution >= 4 is 5.97 Å². The molecule has 0 amide bonds. The fraction of sp³-hybridized carbons (Fsp3) is 0.833. The van der Waals surface area contributed by atoms with E-state index in [9.17, 15) is 4.79 Å². The molecule has 1 saturated heterocycles. The highest BCUT2D eigenvalue weighted by Crippen LogP contribution is 2.11. The van der Waals surface area contributed by atoms with Crippen molar-refractivity contribution in [1.82, 2.24) is 5.32 Å². The van der Waals surface area contributed by atoms with Crippen LogP contribution in [0.3, 0.4) is 0 Å². The van der Waals surface area contributed by atoms with Crippen LogP contribution in [0.2, 0.25) is 0 Å². The van der Waals surface area contributed by atoms with Gasteiger partial charge in [0, 0.05) is 0 Å². The lowest BCUT2D eigenvalue weighted by atomic mass is 10.1. The quantitative estimate of drug-likeness (QED) is 0.526.